The summed E-state index contributed by atoms with van der Waals surface area (Å²) < 4.78 is 11.1. The van der Waals surface area contributed by atoms with Gasteiger partial charge in [0.2, 0.25) is 5.89 Å². The summed E-state index contributed by atoms with van der Waals surface area (Å²) in [6, 6.07) is 15.9. The van der Waals surface area contributed by atoms with Crippen LogP contribution in [0.1, 0.15) is 0 Å². The minimum absolute atomic E-state index is 0.595. The minimum atomic E-state index is 0.595. The highest BCUT2D eigenvalue weighted by Crippen LogP contribution is 2.29. The Balaban J connectivity index is 1.73. The molecule has 2 aromatic carbocycles. The Morgan fingerprint density at radius 1 is 0.870 bits per heavy atom. The van der Waals surface area contributed by atoms with E-state index >= 15 is 0 Å². The summed E-state index contributed by atoms with van der Waals surface area (Å²) in [5.41, 5.74) is 1.91. The van der Waals surface area contributed by atoms with Gasteiger partial charge in [0.15, 0.2) is 5.76 Å². The highest BCUT2D eigenvalue weighted by molar-refractivity contribution is 5.87. The molecule has 0 N–H and O–H groups in total. The second-order valence-corrected chi connectivity index (χ2v) is 5.19. The second-order valence-electron chi connectivity index (χ2n) is 5.19. The molecule has 4 nitrogen and oxygen atoms in total. The van der Waals surface area contributed by atoms with Crippen LogP contribution in [-0.2, 0) is 0 Å². The van der Waals surface area contributed by atoms with Gasteiger partial charge in [-0.25, -0.2) is 4.98 Å². The average molecular weight is 302 g/mol. The lowest BCUT2D eigenvalue weighted by Crippen LogP contribution is -1.82. The topological polar surface area (TPSA) is 48.2 Å². The number of rotatable bonds is 3. The molecule has 0 aliphatic carbocycles. The van der Waals surface area contributed by atoms with Crippen LogP contribution < -0.4 is 4.74 Å². The van der Waals surface area contributed by atoms with Crippen molar-refractivity contribution < 1.29 is 9.15 Å². The Labute approximate surface area is 133 Å². The van der Waals surface area contributed by atoms with Crippen molar-refractivity contribution in [2.75, 3.05) is 7.11 Å². The number of pyridine rings is 1. The van der Waals surface area contributed by atoms with E-state index in [-0.39, 0.29) is 0 Å². The van der Waals surface area contributed by atoms with Crippen molar-refractivity contribution in [3.8, 4) is 28.5 Å². The van der Waals surface area contributed by atoms with Gasteiger partial charge in [0, 0.05) is 23.5 Å². The zero-order chi connectivity index (χ0) is 15.6. The Kier molecular flexibility index (Phi) is 3.27. The van der Waals surface area contributed by atoms with Crippen LogP contribution in [0.4, 0.5) is 0 Å². The monoisotopic (exact) mass is 302 g/mol. The lowest BCUT2D eigenvalue weighted by Gasteiger charge is -2.04. The molecule has 0 aliphatic heterocycles. The van der Waals surface area contributed by atoms with Gasteiger partial charge in [0.1, 0.15) is 5.75 Å². The quantitative estimate of drug-likeness (QED) is 0.556. The van der Waals surface area contributed by atoms with Crippen LogP contribution in [0.25, 0.3) is 33.6 Å². The molecule has 4 rings (SSSR count). The van der Waals surface area contributed by atoms with Gasteiger partial charge in [-0.2, -0.15) is 0 Å². The highest BCUT2D eigenvalue weighted by atomic mass is 16.5. The van der Waals surface area contributed by atoms with Crippen LogP contribution in [0.3, 0.4) is 0 Å². The Morgan fingerprint density at radius 2 is 1.65 bits per heavy atom. The van der Waals surface area contributed by atoms with Gasteiger partial charge in [-0.15, -0.1) is 0 Å². The van der Waals surface area contributed by atoms with Crippen molar-refractivity contribution in [3.05, 3.63) is 67.1 Å². The van der Waals surface area contributed by atoms with Crippen molar-refractivity contribution in [3.63, 3.8) is 0 Å². The van der Waals surface area contributed by atoms with Gasteiger partial charge in [-0.05, 0) is 41.1 Å². The molecule has 4 heteroatoms. The molecule has 0 saturated heterocycles. The van der Waals surface area contributed by atoms with Crippen LogP contribution in [0.5, 0.6) is 5.75 Å². The zero-order valence-electron chi connectivity index (χ0n) is 12.6. The first kappa shape index (κ1) is 13.5. The molecule has 0 atom stereocenters. The summed E-state index contributed by atoms with van der Waals surface area (Å²) in [6.45, 7) is 0. The summed E-state index contributed by atoms with van der Waals surface area (Å²) in [5.74, 6) is 2.19. The molecule has 0 saturated carbocycles. The van der Waals surface area contributed by atoms with Crippen LogP contribution >= 0.6 is 0 Å². The third-order valence-corrected chi connectivity index (χ3v) is 3.76. The Hall–Kier alpha value is -3.14. The van der Waals surface area contributed by atoms with Gasteiger partial charge in [-0.1, -0.05) is 18.2 Å². The predicted octanol–water partition coefficient (Wildman–Crippen LogP) is 4.57. The fourth-order valence-electron chi connectivity index (χ4n) is 2.54. The van der Waals surface area contributed by atoms with Crippen LogP contribution in [0.2, 0.25) is 0 Å². The first-order valence-electron chi connectivity index (χ1n) is 7.28. The summed E-state index contributed by atoms with van der Waals surface area (Å²) >= 11 is 0. The lowest BCUT2D eigenvalue weighted by molar-refractivity contribution is 0.415. The first-order chi connectivity index (χ1) is 11.3. The molecule has 0 unspecified atom stereocenters. The molecule has 2 heterocycles. The van der Waals surface area contributed by atoms with Gasteiger partial charge in [0.05, 0.1) is 13.3 Å². The fourth-order valence-corrected chi connectivity index (χ4v) is 2.54. The summed E-state index contributed by atoms with van der Waals surface area (Å²) in [7, 11) is 1.67. The molecule has 0 amide bonds. The number of benzene rings is 2. The molecule has 2 aromatic heterocycles. The summed E-state index contributed by atoms with van der Waals surface area (Å²) in [4.78, 5) is 8.36. The molecular weight excluding hydrogens is 288 g/mol. The second kappa shape index (κ2) is 5.57. The van der Waals surface area contributed by atoms with Crippen molar-refractivity contribution in [2.24, 2.45) is 0 Å². The van der Waals surface area contributed by atoms with Crippen LogP contribution in [0.15, 0.2) is 71.5 Å². The lowest BCUT2D eigenvalue weighted by atomic mass is 10.1. The third kappa shape index (κ3) is 2.55. The average Bonchev–Trinajstić information content (AvgIpc) is 3.11. The van der Waals surface area contributed by atoms with Crippen molar-refractivity contribution >= 4 is 10.8 Å². The molecule has 0 spiro atoms. The Bertz CT molecular complexity index is 961. The number of nitrogens with zero attached hydrogens (tertiary/aromatic N) is 2. The number of hydrogen-bond donors (Lipinski definition) is 0. The largest absolute Gasteiger partial charge is 0.497 e. The van der Waals surface area contributed by atoms with Crippen molar-refractivity contribution in [1.82, 2.24) is 9.97 Å². The van der Waals surface area contributed by atoms with Crippen molar-refractivity contribution in [1.29, 1.82) is 0 Å². The molecular formula is C19H14N2O2. The van der Waals surface area contributed by atoms with E-state index < -0.39 is 0 Å². The molecule has 112 valence electrons. The van der Waals surface area contributed by atoms with Crippen LogP contribution in [0, 0.1) is 0 Å². The molecule has 0 bridgehead atoms. The number of hydrogen-bond acceptors (Lipinski definition) is 4. The third-order valence-electron chi connectivity index (χ3n) is 3.76. The van der Waals surface area contributed by atoms with E-state index in [4.69, 9.17) is 9.15 Å². The maximum Gasteiger partial charge on any atom is 0.226 e. The predicted molar refractivity (Wildman–Crippen MR) is 89.2 cm³/mol. The van der Waals surface area contributed by atoms with Crippen LogP contribution in [-0.4, -0.2) is 17.1 Å². The summed E-state index contributed by atoms with van der Waals surface area (Å²) in [5, 5.41) is 2.26. The first-order valence-corrected chi connectivity index (χ1v) is 7.28. The van der Waals surface area contributed by atoms with Gasteiger partial charge < -0.3 is 9.15 Å². The maximum atomic E-state index is 5.89. The molecule has 4 aromatic rings. The molecule has 0 aliphatic rings. The number of ether oxygens (including phenoxy) is 1. The smallest absolute Gasteiger partial charge is 0.226 e. The number of fused-ring (bicyclic) bond motifs is 1. The van der Waals surface area contributed by atoms with E-state index in [2.05, 4.69) is 22.1 Å². The van der Waals surface area contributed by atoms with E-state index in [0.717, 1.165) is 33.4 Å². The van der Waals surface area contributed by atoms with Crippen molar-refractivity contribution in [2.45, 2.75) is 0 Å². The number of oxazole rings is 1. The summed E-state index contributed by atoms with van der Waals surface area (Å²) in [6.07, 6.45) is 5.20. The zero-order valence-corrected chi connectivity index (χ0v) is 12.6. The SMILES string of the molecule is COc1ccc2cc(-c3cnc(-c4ccncc4)o3)ccc2c1. The number of methoxy groups -OCH3 is 1. The molecule has 0 radical (unpaired) electrons. The molecule has 23 heavy (non-hydrogen) atoms. The standard InChI is InChI=1S/C19H14N2O2/c1-22-17-5-4-14-10-16(3-2-15(14)11-17)18-12-21-19(23-18)13-6-8-20-9-7-13/h2-12H,1H3. The molecule has 0 fully saturated rings. The minimum Gasteiger partial charge on any atom is -0.497 e. The number of aromatic nitrogens is 2. The van der Waals surface area contributed by atoms with E-state index in [1.807, 2.05) is 36.4 Å². The van der Waals surface area contributed by atoms with E-state index in [0.29, 0.717) is 5.89 Å². The van der Waals surface area contributed by atoms with Gasteiger partial charge in [0.25, 0.3) is 0 Å². The Morgan fingerprint density at radius 3 is 2.48 bits per heavy atom. The van der Waals surface area contributed by atoms with Gasteiger partial charge >= 0.3 is 0 Å². The fraction of sp³-hybridized carbons (Fsp3) is 0.0526. The normalized spacial score (nSPS) is 10.8. The van der Waals surface area contributed by atoms with E-state index in [1.165, 1.54) is 0 Å². The maximum absolute atomic E-state index is 5.89. The van der Waals surface area contributed by atoms with Gasteiger partial charge in [-0.3, -0.25) is 4.98 Å². The van der Waals surface area contributed by atoms with E-state index in [1.54, 1.807) is 25.7 Å². The highest BCUT2D eigenvalue weighted by Gasteiger charge is 2.09. The van der Waals surface area contributed by atoms with E-state index in [9.17, 15) is 0 Å².